The van der Waals surface area contributed by atoms with Crippen LogP contribution in [0.5, 0.6) is 5.75 Å². The molecule has 1 N–H and O–H groups in total. The molecule has 0 bridgehead atoms. The number of carbonyl (C=O) groups is 1. The van der Waals surface area contributed by atoms with Crippen LogP contribution in [0.4, 0.5) is 5.69 Å². The molecule has 0 aromatic heterocycles. The predicted molar refractivity (Wildman–Crippen MR) is 96.7 cm³/mol. The number of methoxy groups -OCH3 is 1. The van der Waals surface area contributed by atoms with Gasteiger partial charge >= 0.3 is 0 Å². The number of nitrogens with one attached hydrogen (secondary N) is 1. The van der Waals surface area contributed by atoms with Gasteiger partial charge in [-0.3, -0.25) is 4.79 Å². The highest BCUT2D eigenvalue weighted by atomic mass is 79.9. The number of rotatable bonds is 6. The molecule has 0 fully saturated rings. The van der Waals surface area contributed by atoms with Crippen LogP contribution in [0.15, 0.2) is 46.9 Å². The van der Waals surface area contributed by atoms with Crippen molar-refractivity contribution in [2.75, 3.05) is 18.2 Å². The maximum Gasteiger partial charge on any atom is 0.234 e. The number of aryl methyl sites for hydroxylation is 1. The molecule has 0 saturated carbocycles. The van der Waals surface area contributed by atoms with Crippen LogP contribution >= 0.6 is 27.7 Å². The fourth-order valence-corrected chi connectivity index (χ4v) is 3.25. The van der Waals surface area contributed by atoms with Gasteiger partial charge in [0, 0.05) is 21.5 Å². The minimum absolute atomic E-state index is 0.00423. The highest BCUT2D eigenvalue weighted by molar-refractivity contribution is 9.10. The van der Waals surface area contributed by atoms with Gasteiger partial charge in [-0.25, -0.2) is 0 Å². The van der Waals surface area contributed by atoms with E-state index in [1.54, 1.807) is 18.9 Å². The van der Waals surface area contributed by atoms with E-state index < -0.39 is 0 Å². The van der Waals surface area contributed by atoms with E-state index in [0.717, 1.165) is 32.8 Å². The molecule has 0 saturated heterocycles. The number of benzene rings is 2. The summed E-state index contributed by atoms with van der Waals surface area (Å²) in [5, 5.41) is 2.91. The third-order valence-electron chi connectivity index (χ3n) is 3.03. The zero-order valence-electron chi connectivity index (χ0n) is 12.6. The molecule has 1 amide bonds. The monoisotopic (exact) mass is 379 g/mol. The second-order valence-corrected chi connectivity index (χ2v) is 6.77. The summed E-state index contributed by atoms with van der Waals surface area (Å²) in [4.78, 5) is 12.0. The van der Waals surface area contributed by atoms with Crippen LogP contribution < -0.4 is 10.1 Å². The van der Waals surface area contributed by atoms with E-state index in [4.69, 9.17) is 4.74 Å². The van der Waals surface area contributed by atoms with E-state index in [9.17, 15) is 4.79 Å². The van der Waals surface area contributed by atoms with Crippen molar-refractivity contribution in [3.05, 3.63) is 58.1 Å². The average Bonchev–Trinajstić information content (AvgIpc) is 2.47. The summed E-state index contributed by atoms with van der Waals surface area (Å²) in [6.07, 6.45) is 0. The van der Waals surface area contributed by atoms with E-state index in [-0.39, 0.29) is 5.91 Å². The number of anilines is 1. The van der Waals surface area contributed by atoms with Gasteiger partial charge in [-0.05, 0) is 42.8 Å². The molecule has 0 unspecified atom stereocenters. The molecule has 0 aliphatic heterocycles. The summed E-state index contributed by atoms with van der Waals surface area (Å²) in [7, 11) is 1.65. The minimum Gasteiger partial charge on any atom is -0.496 e. The number of hydrogen-bond donors (Lipinski definition) is 1. The minimum atomic E-state index is 0.00423. The van der Waals surface area contributed by atoms with E-state index in [2.05, 4.69) is 21.2 Å². The molecule has 0 aliphatic rings. The van der Waals surface area contributed by atoms with E-state index in [0.29, 0.717) is 5.75 Å². The molecule has 5 heteroatoms. The van der Waals surface area contributed by atoms with Crippen LogP contribution in [0.2, 0.25) is 0 Å². The van der Waals surface area contributed by atoms with E-state index in [1.165, 1.54) is 0 Å². The fourth-order valence-electron chi connectivity index (χ4n) is 2.03. The fraction of sp³-hybridized carbons (Fsp3) is 0.235. The van der Waals surface area contributed by atoms with Crippen LogP contribution in [0.1, 0.15) is 11.1 Å². The van der Waals surface area contributed by atoms with Gasteiger partial charge in [-0.2, -0.15) is 0 Å². The Bertz CT molecular complexity index is 661. The van der Waals surface area contributed by atoms with Crippen molar-refractivity contribution in [3.63, 3.8) is 0 Å². The Labute approximate surface area is 143 Å². The molecular weight excluding hydrogens is 362 g/mol. The normalized spacial score (nSPS) is 10.3. The number of amides is 1. The van der Waals surface area contributed by atoms with E-state index in [1.807, 2.05) is 49.4 Å². The molecule has 0 atom stereocenters. The lowest BCUT2D eigenvalue weighted by molar-refractivity contribution is -0.113. The highest BCUT2D eigenvalue weighted by Crippen LogP contribution is 2.26. The van der Waals surface area contributed by atoms with E-state index >= 15 is 0 Å². The zero-order valence-corrected chi connectivity index (χ0v) is 15.0. The Hall–Kier alpha value is -1.46. The smallest absolute Gasteiger partial charge is 0.234 e. The van der Waals surface area contributed by atoms with Crippen molar-refractivity contribution in [3.8, 4) is 5.75 Å². The largest absolute Gasteiger partial charge is 0.496 e. The molecule has 2 rings (SSSR count). The standard InChI is InChI=1S/C17H18BrNO2S/c1-12-4-3-5-15(8-12)19-17(20)11-22-10-13-9-14(18)6-7-16(13)21-2/h3-9H,10-11H2,1-2H3,(H,19,20). The van der Waals surface area contributed by atoms with Gasteiger partial charge in [0.05, 0.1) is 12.9 Å². The van der Waals surface area contributed by atoms with Crippen molar-refractivity contribution in [2.45, 2.75) is 12.7 Å². The van der Waals surface area contributed by atoms with Gasteiger partial charge in [-0.15, -0.1) is 11.8 Å². The molecular formula is C17H18BrNO2S. The lowest BCUT2D eigenvalue weighted by Gasteiger charge is -2.09. The maximum absolute atomic E-state index is 12.0. The van der Waals surface area contributed by atoms with Gasteiger partial charge in [-0.1, -0.05) is 28.1 Å². The molecule has 0 radical (unpaired) electrons. The molecule has 0 heterocycles. The number of carbonyl (C=O) groups excluding carboxylic acids is 1. The van der Waals surface area contributed by atoms with Gasteiger partial charge in [0.25, 0.3) is 0 Å². The Balaban J connectivity index is 1.86. The first-order valence-electron chi connectivity index (χ1n) is 6.85. The van der Waals surface area contributed by atoms with Crippen LogP contribution in [0, 0.1) is 6.92 Å². The summed E-state index contributed by atoms with van der Waals surface area (Å²) in [6, 6.07) is 13.7. The third kappa shape index (κ3) is 5.07. The highest BCUT2D eigenvalue weighted by Gasteiger charge is 2.07. The third-order valence-corrected chi connectivity index (χ3v) is 4.51. The summed E-state index contributed by atoms with van der Waals surface area (Å²) in [5.41, 5.74) is 3.04. The van der Waals surface area contributed by atoms with Gasteiger partial charge in [0.2, 0.25) is 5.91 Å². The van der Waals surface area contributed by atoms with Gasteiger partial charge in [0.15, 0.2) is 0 Å². The molecule has 22 heavy (non-hydrogen) atoms. The summed E-state index contributed by atoms with van der Waals surface area (Å²) < 4.78 is 6.34. The first kappa shape index (κ1) is 16.9. The summed E-state index contributed by atoms with van der Waals surface area (Å²) in [5.74, 6) is 1.98. The van der Waals surface area contributed by atoms with Crippen LogP contribution in [-0.2, 0) is 10.5 Å². The number of halogens is 1. The van der Waals surface area contributed by atoms with Crippen LogP contribution in [0.3, 0.4) is 0 Å². The Morgan fingerprint density at radius 2 is 2.09 bits per heavy atom. The Kier molecular flexibility index (Phi) is 6.34. The van der Waals surface area contributed by atoms with Crippen molar-refractivity contribution >= 4 is 39.3 Å². The summed E-state index contributed by atoms with van der Waals surface area (Å²) >= 11 is 5.02. The van der Waals surface area contributed by atoms with Crippen LogP contribution in [-0.4, -0.2) is 18.8 Å². The molecule has 0 spiro atoms. The number of thioether (sulfide) groups is 1. The van der Waals surface area contributed by atoms with Crippen molar-refractivity contribution in [1.82, 2.24) is 0 Å². The van der Waals surface area contributed by atoms with Crippen LogP contribution in [0.25, 0.3) is 0 Å². The summed E-state index contributed by atoms with van der Waals surface area (Å²) in [6.45, 7) is 2.00. The predicted octanol–water partition coefficient (Wildman–Crippen LogP) is 4.64. The Morgan fingerprint density at radius 3 is 2.82 bits per heavy atom. The number of hydrogen-bond acceptors (Lipinski definition) is 3. The zero-order chi connectivity index (χ0) is 15.9. The Morgan fingerprint density at radius 1 is 1.27 bits per heavy atom. The van der Waals surface area contributed by atoms with Crippen molar-refractivity contribution in [2.24, 2.45) is 0 Å². The molecule has 116 valence electrons. The van der Waals surface area contributed by atoms with Gasteiger partial charge < -0.3 is 10.1 Å². The topological polar surface area (TPSA) is 38.3 Å². The maximum atomic E-state index is 12.0. The van der Waals surface area contributed by atoms with Crippen molar-refractivity contribution in [1.29, 1.82) is 0 Å². The second-order valence-electron chi connectivity index (χ2n) is 4.87. The quantitative estimate of drug-likeness (QED) is 0.794. The second kappa shape index (κ2) is 8.25. The lowest BCUT2D eigenvalue weighted by atomic mass is 10.2. The molecule has 0 aliphatic carbocycles. The lowest BCUT2D eigenvalue weighted by Crippen LogP contribution is -2.14. The first-order chi connectivity index (χ1) is 10.6. The molecule has 3 nitrogen and oxygen atoms in total. The first-order valence-corrected chi connectivity index (χ1v) is 8.80. The van der Waals surface area contributed by atoms with Gasteiger partial charge in [0.1, 0.15) is 5.75 Å². The number of ether oxygens (including phenoxy) is 1. The average molecular weight is 380 g/mol. The molecule has 2 aromatic rings. The van der Waals surface area contributed by atoms with Crippen molar-refractivity contribution < 1.29 is 9.53 Å². The molecule has 2 aromatic carbocycles. The SMILES string of the molecule is COc1ccc(Br)cc1CSCC(=O)Nc1cccc(C)c1.